The molecule has 0 unspecified atom stereocenters. The Kier molecular flexibility index (Phi) is 5.63. The Bertz CT molecular complexity index is 1410. The lowest BCUT2D eigenvalue weighted by atomic mass is 10.2. The molecule has 1 aliphatic rings. The normalized spacial score (nSPS) is 15.4. The Balaban J connectivity index is 1.58. The number of aromatic nitrogens is 3. The lowest BCUT2D eigenvalue weighted by Gasteiger charge is -2.15. The first kappa shape index (κ1) is 21.5. The quantitative estimate of drug-likeness (QED) is 0.411. The van der Waals surface area contributed by atoms with Crippen LogP contribution in [0.25, 0.3) is 16.7 Å². The van der Waals surface area contributed by atoms with Crippen LogP contribution in [-0.4, -0.2) is 45.1 Å². The van der Waals surface area contributed by atoms with E-state index in [2.05, 4.69) is 11.6 Å². The zero-order valence-corrected chi connectivity index (χ0v) is 18.8. The number of carbonyl (C=O) groups is 1. The molecule has 0 radical (unpaired) electrons. The predicted octanol–water partition coefficient (Wildman–Crippen LogP) is 3.95. The number of para-hydroxylation sites is 1. The SMILES string of the molecule is C=CC(=O)N1CC[C@@H](n2c(=O)n(-c3ccc(Oc4ccccc4)cc3)c3c(OC)nccc32)C1. The second kappa shape index (κ2) is 8.90. The first-order valence-corrected chi connectivity index (χ1v) is 11.0. The van der Waals surface area contributed by atoms with Crippen LogP contribution >= 0.6 is 0 Å². The lowest BCUT2D eigenvalue weighted by Crippen LogP contribution is -2.31. The lowest BCUT2D eigenvalue weighted by molar-refractivity contribution is -0.125. The molecule has 172 valence electrons. The third-order valence-electron chi connectivity index (χ3n) is 6.03. The second-order valence-corrected chi connectivity index (χ2v) is 8.02. The summed E-state index contributed by atoms with van der Waals surface area (Å²) in [5, 5.41) is 0. The van der Waals surface area contributed by atoms with Gasteiger partial charge in [-0.1, -0.05) is 24.8 Å². The van der Waals surface area contributed by atoms with E-state index in [9.17, 15) is 9.59 Å². The first-order valence-electron chi connectivity index (χ1n) is 11.0. The molecule has 0 N–H and O–H groups in total. The number of fused-ring (bicyclic) bond motifs is 1. The highest BCUT2D eigenvalue weighted by Crippen LogP contribution is 2.31. The Hall–Kier alpha value is -4.33. The molecule has 0 spiro atoms. The molecule has 0 bridgehead atoms. The van der Waals surface area contributed by atoms with Crippen LogP contribution in [0.3, 0.4) is 0 Å². The molecule has 8 nitrogen and oxygen atoms in total. The molecule has 0 aliphatic carbocycles. The van der Waals surface area contributed by atoms with Gasteiger partial charge in [0.25, 0.3) is 0 Å². The minimum absolute atomic E-state index is 0.132. The number of hydrogen-bond acceptors (Lipinski definition) is 5. The standard InChI is InChI=1S/C26H24N4O4/c1-3-23(31)28-16-14-19(17-28)29-22-13-15-27-25(33-2)24(22)30(26(29)32)18-9-11-21(12-10-18)34-20-7-5-4-6-8-20/h3-13,15,19H,1,14,16-17H2,2H3/t19-/m1/s1. The maximum atomic E-state index is 13.8. The molecule has 5 rings (SSSR count). The topological polar surface area (TPSA) is 78.6 Å². The van der Waals surface area contributed by atoms with Gasteiger partial charge in [-0.15, -0.1) is 0 Å². The van der Waals surface area contributed by atoms with Gasteiger partial charge in [-0.25, -0.2) is 9.78 Å². The number of carbonyl (C=O) groups excluding carboxylic acids is 1. The fourth-order valence-electron chi connectivity index (χ4n) is 4.45. The van der Waals surface area contributed by atoms with Gasteiger partial charge in [-0.2, -0.15) is 0 Å². The maximum absolute atomic E-state index is 13.8. The summed E-state index contributed by atoms with van der Waals surface area (Å²) in [6.07, 6.45) is 3.60. The molecule has 3 heterocycles. The van der Waals surface area contributed by atoms with Crippen LogP contribution in [0.1, 0.15) is 12.5 Å². The molecular weight excluding hydrogens is 432 g/mol. The summed E-state index contributed by atoms with van der Waals surface area (Å²) in [5.41, 5.74) is 1.74. The Labute approximate surface area is 196 Å². The van der Waals surface area contributed by atoms with Crippen LogP contribution in [0.4, 0.5) is 0 Å². The molecular formula is C26H24N4O4. The second-order valence-electron chi connectivity index (χ2n) is 8.02. The van der Waals surface area contributed by atoms with Gasteiger partial charge in [0, 0.05) is 19.3 Å². The van der Waals surface area contributed by atoms with Gasteiger partial charge in [-0.3, -0.25) is 13.9 Å². The number of methoxy groups -OCH3 is 1. The number of pyridine rings is 1. The molecule has 1 atom stereocenters. The number of ether oxygens (including phenoxy) is 2. The molecule has 8 heteroatoms. The fraction of sp³-hybridized carbons (Fsp3) is 0.192. The van der Waals surface area contributed by atoms with Gasteiger partial charge in [0.1, 0.15) is 17.0 Å². The molecule has 1 saturated heterocycles. The zero-order chi connectivity index (χ0) is 23.7. The van der Waals surface area contributed by atoms with Crippen molar-refractivity contribution in [3.8, 4) is 23.1 Å². The van der Waals surface area contributed by atoms with E-state index in [1.54, 1.807) is 26.3 Å². The van der Waals surface area contributed by atoms with E-state index in [0.717, 1.165) is 5.75 Å². The van der Waals surface area contributed by atoms with E-state index in [-0.39, 0.29) is 17.6 Å². The highest BCUT2D eigenvalue weighted by Gasteiger charge is 2.31. The number of likely N-dealkylation sites (tertiary alicyclic amines) is 1. The number of benzene rings is 2. The highest BCUT2D eigenvalue weighted by atomic mass is 16.5. The van der Waals surface area contributed by atoms with Crippen molar-refractivity contribution in [1.29, 1.82) is 0 Å². The van der Waals surface area contributed by atoms with Gasteiger partial charge in [0.2, 0.25) is 11.8 Å². The number of amides is 1. The van der Waals surface area contributed by atoms with Crippen LogP contribution < -0.4 is 15.2 Å². The summed E-state index contributed by atoms with van der Waals surface area (Å²) < 4.78 is 14.7. The monoisotopic (exact) mass is 456 g/mol. The Morgan fingerprint density at radius 3 is 2.53 bits per heavy atom. The molecule has 34 heavy (non-hydrogen) atoms. The molecule has 1 amide bonds. The minimum Gasteiger partial charge on any atom is -0.479 e. The summed E-state index contributed by atoms with van der Waals surface area (Å²) in [7, 11) is 1.53. The van der Waals surface area contributed by atoms with Gasteiger partial charge >= 0.3 is 5.69 Å². The van der Waals surface area contributed by atoms with Crippen molar-refractivity contribution in [3.05, 3.63) is 90.0 Å². The molecule has 1 fully saturated rings. The van der Waals surface area contributed by atoms with Gasteiger partial charge < -0.3 is 14.4 Å². The van der Waals surface area contributed by atoms with Crippen molar-refractivity contribution in [1.82, 2.24) is 19.0 Å². The van der Waals surface area contributed by atoms with Crippen molar-refractivity contribution >= 4 is 16.9 Å². The van der Waals surface area contributed by atoms with Crippen LogP contribution in [0.15, 0.2) is 84.3 Å². The fourth-order valence-corrected chi connectivity index (χ4v) is 4.45. The van der Waals surface area contributed by atoms with Crippen molar-refractivity contribution in [2.45, 2.75) is 12.5 Å². The molecule has 4 aromatic rings. The van der Waals surface area contributed by atoms with Crippen molar-refractivity contribution < 1.29 is 14.3 Å². The largest absolute Gasteiger partial charge is 0.479 e. The number of nitrogens with zero attached hydrogens (tertiary/aromatic N) is 4. The molecule has 1 aliphatic heterocycles. The minimum atomic E-state index is -0.212. The highest BCUT2D eigenvalue weighted by molar-refractivity contribution is 5.87. The number of rotatable bonds is 6. The van der Waals surface area contributed by atoms with Crippen LogP contribution in [0, 0.1) is 0 Å². The summed E-state index contributed by atoms with van der Waals surface area (Å²) in [5.74, 6) is 1.61. The predicted molar refractivity (Wildman–Crippen MR) is 129 cm³/mol. The number of imidazole rings is 1. The average Bonchev–Trinajstić information content (AvgIpc) is 3.46. The molecule has 2 aromatic heterocycles. The third kappa shape index (κ3) is 3.73. The van der Waals surface area contributed by atoms with E-state index in [1.165, 1.54) is 13.2 Å². The van der Waals surface area contributed by atoms with Gasteiger partial charge in [0.15, 0.2) is 0 Å². The third-order valence-corrected chi connectivity index (χ3v) is 6.03. The first-order chi connectivity index (χ1) is 16.6. The molecule has 2 aromatic carbocycles. The van der Waals surface area contributed by atoms with Crippen molar-refractivity contribution in [2.24, 2.45) is 0 Å². The zero-order valence-electron chi connectivity index (χ0n) is 18.8. The average molecular weight is 457 g/mol. The van der Waals surface area contributed by atoms with E-state index in [0.29, 0.717) is 47.9 Å². The molecule has 0 saturated carbocycles. The van der Waals surface area contributed by atoms with E-state index in [4.69, 9.17) is 9.47 Å². The smallest absolute Gasteiger partial charge is 0.334 e. The summed E-state index contributed by atoms with van der Waals surface area (Å²) in [4.78, 5) is 31.9. The van der Waals surface area contributed by atoms with Gasteiger partial charge in [-0.05, 0) is 55.0 Å². The maximum Gasteiger partial charge on any atom is 0.334 e. The van der Waals surface area contributed by atoms with E-state index >= 15 is 0 Å². The van der Waals surface area contributed by atoms with Crippen LogP contribution in [0.2, 0.25) is 0 Å². The Morgan fingerprint density at radius 2 is 1.82 bits per heavy atom. The van der Waals surface area contributed by atoms with Crippen LogP contribution in [0.5, 0.6) is 17.4 Å². The Morgan fingerprint density at radius 1 is 1.09 bits per heavy atom. The summed E-state index contributed by atoms with van der Waals surface area (Å²) in [6, 6.07) is 18.5. The van der Waals surface area contributed by atoms with E-state index < -0.39 is 0 Å². The number of hydrogen-bond donors (Lipinski definition) is 0. The van der Waals surface area contributed by atoms with Crippen molar-refractivity contribution in [2.75, 3.05) is 20.2 Å². The van der Waals surface area contributed by atoms with Gasteiger partial charge in [0.05, 0.1) is 24.4 Å². The summed E-state index contributed by atoms with van der Waals surface area (Å²) >= 11 is 0. The van der Waals surface area contributed by atoms with E-state index in [1.807, 2.05) is 54.6 Å². The van der Waals surface area contributed by atoms with Crippen LogP contribution in [-0.2, 0) is 4.79 Å². The van der Waals surface area contributed by atoms with Crippen molar-refractivity contribution in [3.63, 3.8) is 0 Å². The summed E-state index contributed by atoms with van der Waals surface area (Å²) in [6.45, 7) is 4.59.